The normalized spacial score (nSPS) is 26.6. The van der Waals surface area contributed by atoms with Crippen molar-refractivity contribution in [1.82, 2.24) is 15.3 Å². The highest BCUT2D eigenvalue weighted by molar-refractivity contribution is 5.87. The number of aromatic nitrogens is 2. The molecule has 1 aliphatic carbocycles. The molecule has 5 N–H and O–H groups in total. The second-order valence-electron chi connectivity index (χ2n) is 7.86. The largest absolute Gasteiger partial charge is 0.337 e. The van der Waals surface area contributed by atoms with Crippen molar-refractivity contribution in [3.8, 4) is 0 Å². The van der Waals surface area contributed by atoms with Crippen LogP contribution in [0.1, 0.15) is 45.7 Å². The minimum absolute atomic E-state index is 0.0358. The summed E-state index contributed by atoms with van der Waals surface area (Å²) in [6, 6.07) is 1.15. The summed E-state index contributed by atoms with van der Waals surface area (Å²) in [5.41, 5.74) is 6.57. The Kier molecular flexibility index (Phi) is 4.79. The van der Waals surface area contributed by atoms with Crippen LogP contribution in [0.5, 0.6) is 0 Å². The molecule has 0 aromatic carbocycles. The number of hydrogen-bond donors (Lipinski definition) is 4. The number of aromatic amines is 1. The summed E-state index contributed by atoms with van der Waals surface area (Å²) in [6.45, 7) is 8.81. The predicted molar refractivity (Wildman–Crippen MR) is 90.3 cm³/mol. The molecule has 7 nitrogen and oxygen atoms in total. The fourth-order valence-electron chi connectivity index (χ4n) is 3.93. The first-order chi connectivity index (χ1) is 10.6. The monoisotopic (exact) mass is 321 g/mol. The molecule has 1 aliphatic rings. The number of anilines is 1. The van der Waals surface area contributed by atoms with Crippen LogP contribution < -0.4 is 21.9 Å². The van der Waals surface area contributed by atoms with Gasteiger partial charge in [0.1, 0.15) is 0 Å². The molecule has 2 rings (SSSR count). The van der Waals surface area contributed by atoms with Gasteiger partial charge in [-0.2, -0.15) is 0 Å². The van der Waals surface area contributed by atoms with Gasteiger partial charge in [0, 0.05) is 24.3 Å². The van der Waals surface area contributed by atoms with Crippen LogP contribution in [0, 0.1) is 17.8 Å². The van der Waals surface area contributed by atoms with Crippen molar-refractivity contribution in [1.29, 1.82) is 0 Å². The zero-order chi connectivity index (χ0) is 17.3. The Morgan fingerprint density at radius 3 is 2.74 bits per heavy atom. The van der Waals surface area contributed by atoms with Gasteiger partial charge in [-0.05, 0) is 37.0 Å². The molecule has 1 heterocycles. The summed E-state index contributed by atoms with van der Waals surface area (Å²) in [5, 5.41) is 5.44. The molecule has 2 amide bonds. The molecule has 2 atom stereocenters. The fraction of sp³-hybridized carbons (Fsp3) is 0.688. The smallest absolute Gasteiger partial charge is 0.321 e. The predicted octanol–water partition coefficient (Wildman–Crippen LogP) is 1.74. The van der Waals surface area contributed by atoms with Gasteiger partial charge in [-0.15, -0.1) is 0 Å². The average Bonchev–Trinajstić information content (AvgIpc) is 2.32. The molecule has 2 unspecified atom stereocenters. The summed E-state index contributed by atoms with van der Waals surface area (Å²) in [6.07, 6.45) is 2.90. The Morgan fingerprint density at radius 2 is 2.13 bits per heavy atom. The maximum Gasteiger partial charge on any atom is 0.321 e. The van der Waals surface area contributed by atoms with Crippen molar-refractivity contribution >= 4 is 12.0 Å². The van der Waals surface area contributed by atoms with Gasteiger partial charge < -0.3 is 11.1 Å². The summed E-state index contributed by atoms with van der Waals surface area (Å²) >= 11 is 0. The minimum Gasteiger partial charge on any atom is -0.337 e. The van der Waals surface area contributed by atoms with Gasteiger partial charge in [0.25, 0.3) is 5.56 Å². The number of carbonyl (C=O) groups excluding carboxylic acids is 1. The van der Waals surface area contributed by atoms with Gasteiger partial charge in [0.05, 0.1) is 0 Å². The van der Waals surface area contributed by atoms with Gasteiger partial charge in [0.2, 0.25) is 5.95 Å². The summed E-state index contributed by atoms with van der Waals surface area (Å²) in [5.74, 6) is 0.151. The zero-order valence-electron chi connectivity index (χ0n) is 14.3. The number of hydrogen-bond acceptors (Lipinski definition) is 4. The molecule has 23 heavy (non-hydrogen) atoms. The van der Waals surface area contributed by atoms with Crippen LogP contribution in [0.25, 0.3) is 0 Å². The molecule has 1 aromatic heterocycles. The first kappa shape index (κ1) is 17.5. The SMILES string of the molecule is Cc1cc(=O)[nH]c(NC(=O)NCC2(C)CC(N)CC(C)(C)C2)n1. The van der Waals surface area contributed by atoms with Crippen molar-refractivity contribution in [3.05, 3.63) is 22.1 Å². The van der Waals surface area contributed by atoms with E-state index in [-0.39, 0.29) is 34.4 Å². The summed E-state index contributed by atoms with van der Waals surface area (Å²) in [4.78, 5) is 30.0. The number of rotatable bonds is 3. The van der Waals surface area contributed by atoms with Crippen molar-refractivity contribution in [2.24, 2.45) is 16.6 Å². The first-order valence-corrected chi connectivity index (χ1v) is 7.95. The van der Waals surface area contributed by atoms with Gasteiger partial charge in [-0.25, -0.2) is 9.78 Å². The maximum atomic E-state index is 12.0. The topological polar surface area (TPSA) is 113 Å². The highest BCUT2D eigenvalue weighted by Gasteiger charge is 2.40. The maximum absolute atomic E-state index is 12.0. The van der Waals surface area contributed by atoms with Crippen LogP contribution in [0.2, 0.25) is 0 Å². The number of H-pyrrole nitrogens is 1. The van der Waals surface area contributed by atoms with E-state index in [1.807, 2.05) is 0 Å². The van der Waals surface area contributed by atoms with E-state index in [0.29, 0.717) is 12.2 Å². The number of nitrogens with one attached hydrogen (secondary N) is 3. The zero-order valence-corrected chi connectivity index (χ0v) is 14.3. The second-order valence-corrected chi connectivity index (χ2v) is 7.86. The Balaban J connectivity index is 1.94. The lowest BCUT2D eigenvalue weighted by Gasteiger charge is -2.45. The molecule has 128 valence electrons. The third-order valence-corrected chi connectivity index (χ3v) is 4.25. The number of nitrogens with two attached hydrogens (primary N) is 1. The highest BCUT2D eigenvalue weighted by Crippen LogP contribution is 2.45. The van der Waals surface area contributed by atoms with Crippen LogP contribution in [0.4, 0.5) is 10.7 Å². The average molecular weight is 321 g/mol. The van der Waals surface area contributed by atoms with Gasteiger partial charge in [-0.1, -0.05) is 20.8 Å². The van der Waals surface area contributed by atoms with Crippen molar-refractivity contribution in [2.45, 2.75) is 53.0 Å². The molecule has 0 aliphatic heterocycles. The van der Waals surface area contributed by atoms with Gasteiger partial charge >= 0.3 is 6.03 Å². The molecule has 0 radical (unpaired) electrons. The van der Waals surface area contributed by atoms with Crippen LogP contribution in [-0.2, 0) is 0 Å². The molecule has 1 saturated carbocycles. The summed E-state index contributed by atoms with van der Waals surface area (Å²) < 4.78 is 0. The van der Waals surface area contributed by atoms with Crippen LogP contribution in [-0.4, -0.2) is 28.6 Å². The van der Waals surface area contributed by atoms with Crippen molar-refractivity contribution in [2.75, 3.05) is 11.9 Å². The Morgan fingerprint density at radius 1 is 1.43 bits per heavy atom. The number of aryl methyl sites for hydroxylation is 1. The van der Waals surface area contributed by atoms with Gasteiger partial charge in [-0.3, -0.25) is 15.1 Å². The van der Waals surface area contributed by atoms with Crippen LogP contribution in [0.15, 0.2) is 10.9 Å². The summed E-state index contributed by atoms with van der Waals surface area (Å²) in [7, 11) is 0. The highest BCUT2D eigenvalue weighted by atomic mass is 16.2. The van der Waals surface area contributed by atoms with E-state index < -0.39 is 0 Å². The lowest BCUT2D eigenvalue weighted by atomic mass is 9.63. The second kappa shape index (κ2) is 6.31. The minimum atomic E-state index is -0.378. The van der Waals surface area contributed by atoms with E-state index in [1.54, 1.807) is 6.92 Å². The molecule has 0 bridgehead atoms. The van der Waals surface area contributed by atoms with Crippen LogP contribution >= 0.6 is 0 Å². The molecule has 1 aromatic rings. The Hall–Kier alpha value is -1.89. The Bertz CT molecular complexity index is 640. The molecule has 7 heteroatoms. The first-order valence-electron chi connectivity index (χ1n) is 7.95. The number of carbonyl (C=O) groups is 1. The van der Waals surface area contributed by atoms with E-state index in [2.05, 4.69) is 41.4 Å². The standard InChI is InChI=1S/C16H27N5O2/c1-10-5-12(22)20-13(19-10)21-14(23)18-9-16(4)7-11(17)6-15(2,3)8-16/h5,11H,6-9,17H2,1-4H3,(H3,18,19,20,21,22,23). The van der Waals surface area contributed by atoms with Crippen molar-refractivity contribution < 1.29 is 4.79 Å². The fourth-order valence-corrected chi connectivity index (χ4v) is 3.93. The number of nitrogens with zero attached hydrogens (tertiary/aromatic N) is 1. The van der Waals surface area contributed by atoms with E-state index >= 15 is 0 Å². The lowest BCUT2D eigenvalue weighted by molar-refractivity contribution is 0.0849. The van der Waals surface area contributed by atoms with E-state index in [0.717, 1.165) is 19.3 Å². The number of amides is 2. The van der Waals surface area contributed by atoms with Crippen LogP contribution in [0.3, 0.4) is 0 Å². The van der Waals surface area contributed by atoms with E-state index in [9.17, 15) is 9.59 Å². The van der Waals surface area contributed by atoms with Gasteiger partial charge in [0.15, 0.2) is 0 Å². The lowest BCUT2D eigenvalue weighted by Crippen LogP contribution is -2.48. The Labute approximate surface area is 136 Å². The quantitative estimate of drug-likeness (QED) is 0.679. The molecule has 0 saturated heterocycles. The molecule has 0 spiro atoms. The van der Waals surface area contributed by atoms with Crippen molar-refractivity contribution in [3.63, 3.8) is 0 Å². The van der Waals surface area contributed by atoms with E-state index in [1.165, 1.54) is 6.07 Å². The third-order valence-electron chi connectivity index (χ3n) is 4.25. The molecular formula is C16H27N5O2. The third kappa shape index (κ3) is 5.06. The number of urea groups is 1. The van der Waals surface area contributed by atoms with E-state index in [4.69, 9.17) is 5.73 Å². The molecule has 1 fully saturated rings. The molecular weight excluding hydrogens is 294 g/mol.